The Morgan fingerprint density at radius 2 is 1.71 bits per heavy atom. The summed E-state index contributed by atoms with van der Waals surface area (Å²) in [6, 6.07) is 19.9. The predicted octanol–water partition coefficient (Wildman–Crippen LogP) is 3.09. The van der Waals surface area contributed by atoms with E-state index in [1.54, 1.807) is 6.92 Å². The van der Waals surface area contributed by atoms with Gasteiger partial charge in [-0.2, -0.15) is 0 Å². The minimum absolute atomic E-state index is 0.275. The second kappa shape index (κ2) is 10.3. The van der Waals surface area contributed by atoms with Crippen LogP contribution in [-0.2, 0) is 32.2 Å². The van der Waals surface area contributed by atoms with Crippen molar-refractivity contribution >= 4 is 0 Å². The highest BCUT2D eigenvalue weighted by Gasteiger charge is 2.60. The van der Waals surface area contributed by atoms with Gasteiger partial charge in [-0.05, 0) is 30.9 Å². The fourth-order valence-corrected chi connectivity index (χ4v) is 4.93. The number of fused-ring (bicyclic) bond motifs is 1. The summed E-state index contributed by atoms with van der Waals surface area (Å²) in [7, 11) is 0. The van der Waals surface area contributed by atoms with Crippen LogP contribution in [0.1, 0.15) is 35.8 Å². The topological polar surface area (TPSA) is 91.8 Å². The van der Waals surface area contributed by atoms with Gasteiger partial charge in [0.05, 0.1) is 19.8 Å². The summed E-state index contributed by atoms with van der Waals surface area (Å²) in [4.78, 5) is 27.1. The van der Waals surface area contributed by atoms with E-state index in [9.17, 15) is 9.59 Å². The van der Waals surface area contributed by atoms with Gasteiger partial charge in [0.1, 0.15) is 17.8 Å². The van der Waals surface area contributed by atoms with E-state index in [2.05, 4.69) is 4.98 Å². The second-order valence-electron chi connectivity index (χ2n) is 9.12. The Morgan fingerprint density at radius 3 is 2.43 bits per heavy atom. The monoisotopic (exact) mass is 478 g/mol. The highest BCUT2D eigenvalue weighted by atomic mass is 16.6. The number of aromatic amines is 1. The van der Waals surface area contributed by atoms with Crippen molar-refractivity contribution in [3.05, 3.63) is 104 Å². The average Bonchev–Trinajstić information content (AvgIpc) is 3.20. The first-order valence-corrected chi connectivity index (χ1v) is 12.0. The first kappa shape index (κ1) is 23.7. The van der Waals surface area contributed by atoms with E-state index in [0.717, 1.165) is 17.5 Å². The van der Waals surface area contributed by atoms with Gasteiger partial charge >= 0.3 is 5.69 Å². The molecule has 2 saturated heterocycles. The van der Waals surface area contributed by atoms with Gasteiger partial charge in [-0.1, -0.05) is 60.7 Å². The number of benzene rings is 2. The summed E-state index contributed by atoms with van der Waals surface area (Å²) >= 11 is 0. The average molecular weight is 479 g/mol. The predicted molar refractivity (Wildman–Crippen MR) is 129 cm³/mol. The molecule has 0 unspecified atom stereocenters. The standard InChI is InChI=1S/C27H30N2O6/c1-19-15-29(26(31)28-24(19)30)25-23-27(13-8-14-33-23,34-17-21-11-6-3-7-12-21)22(35-25)18-32-16-20-9-4-2-5-10-20/h2-7,9-12,15,22-23,25H,8,13-14,16-18H2,1H3,(H,28,30,31)/t22-,23+,25-,27-/m1/s1. The van der Waals surface area contributed by atoms with Gasteiger partial charge in [0.25, 0.3) is 5.56 Å². The molecule has 4 atom stereocenters. The van der Waals surface area contributed by atoms with Gasteiger partial charge in [-0.15, -0.1) is 0 Å². The first-order valence-electron chi connectivity index (χ1n) is 12.0. The summed E-state index contributed by atoms with van der Waals surface area (Å²) in [6.07, 6.45) is 1.28. The number of H-pyrrole nitrogens is 1. The van der Waals surface area contributed by atoms with E-state index in [1.807, 2.05) is 60.7 Å². The molecule has 8 heteroatoms. The van der Waals surface area contributed by atoms with Crippen LogP contribution < -0.4 is 11.2 Å². The Morgan fingerprint density at radius 1 is 1.03 bits per heavy atom. The molecule has 1 aromatic heterocycles. The lowest BCUT2D eigenvalue weighted by atomic mass is 9.85. The molecule has 8 nitrogen and oxygen atoms in total. The van der Waals surface area contributed by atoms with Crippen LogP contribution in [-0.4, -0.2) is 40.6 Å². The van der Waals surface area contributed by atoms with E-state index in [-0.39, 0.29) is 6.61 Å². The molecule has 0 saturated carbocycles. The van der Waals surface area contributed by atoms with Crippen molar-refractivity contribution in [2.45, 2.75) is 57.0 Å². The highest BCUT2D eigenvalue weighted by molar-refractivity contribution is 5.16. The van der Waals surface area contributed by atoms with Crippen molar-refractivity contribution < 1.29 is 18.9 Å². The van der Waals surface area contributed by atoms with Gasteiger partial charge in [-0.3, -0.25) is 14.3 Å². The van der Waals surface area contributed by atoms with Crippen LogP contribution in [0.2, 0.25) is 0 Å². The fraction of sp³-hybridized carbons (Fsp3) is 0.407. The van der Waals surface area contributed by atoms with E-state index in [1.165, 1.54) is 10.8 Å². The largest absolute Gasteiger partial charge is 0.374 e. The van der Waals surface area contributed by atoms with Gasteiger partial charge < -0.3 is 18.9 Å². The molecule has 3 heterocycles. The molecule has 0 spiro atoms. The van der Waals surface area contributed by atoms with Crippen LogP contribution in [0.15, 0.2) is 76.4 Å². The van der Waals surface area contributed by atoms with Crippen molar-refractivity contribution in [3.63, 3.8) is 0 Å². The lowest BCUT2D eigenvalue weighted by Gasteiger charge is -2.41. The summed E-state index contributed by atoms with van der Waals surface area (Å²) in [5.74, 6) is 0. The van der Waals surface area contributed by atoms with Crippen molar-refractivity contribution in [1.82, 2.24) is 9.55 Å². The maximum absolute atomic E-state index is 12.7. The molecule has 3 aromatic rings. The van der Waals surface area contributed by atoms with E-state index in [0.29, 0.717) is 31.8 Å². The number of hydrogen-bond acceptors (Lipinski definition) is 6. The van der Waals surface area contributed by atoms with Crippen LogP contribution in [0.25, 0.3) is 0 Å². The number of hydrogen-bond donors (Lipinski definition) is 1. The molecule has 0 bridgehead atoms. The molecule has 0 amide bonds. The Labute approximate surface area is 203 Å². The molecule has 5 rings (SSSR count). The molecule has 0 aliphatic carbocycles. The van der Waals surface area contributed by atoms with Gasteiger partial charge in [0, 0.05) is 18.4 Å². The molecule has 2 aliphatic heterocycles. The Bertz CT molecular complexity index is 1240. The summed E-state index contributed by atoms with van der Waals surface area (Å²) in [5.41, 5.74) is 0.758. The van der Waals surface area contributed by atoms with Gasteiger partial charge in [-0.25, -0.2) is 4.79 Å². The smallest absolute Gasteiger partial charge is 0.330 e. The zero-order valence-electron chi connectivity index (χ0n) is 19.7. The maximum atomic E-state index is 12.7. The lowest BCUT2D eigenvalue weighted by Crippen LogP contribution is -2.55. The van der Waals surface area contributed by atoms with Gasteiger partial charge in [0.15, 0.2) is 6.23 Å². The quantitative estimate of drug-likeness (QED) is 0.535. The maximum Gasteiger partial charge on any atom is 0.330 e. The number of aryl methyl sites for hydroxylation is 1. The van der Waals surface area contributed by atoms with Crippen molar-refractivity contribution in [2.24, 2.45) is 0 Å². The Kier molecular flexibility index (Phi) is 6.97. The minimum atomic E-state index is -0.807. The lowest BCUT2D eigenvalue weighted by molar-refractivity contribution is -0.188. The van der Waals surface area contributed by atoms with E-state index >= 15 is 0 Å². The van der Waals surface area contributed by atoms with Gasteiger partial charge in [0.2, 0.25) is 0 Å². The molecular weight excluding hydrogens is 448 g/mol. The molecule has 35 heavy (non-hydrogen) atoms. The van der Waals surface area contributed by atoms with Crippen molar-refractivity contribution in [2.75, 3.05) is 13.2 Å². The van der Waals surface area contributed by atoms with Crippen LogP contribution in [0.5, 0.6) is 0 Å². The molecule has 2 fully saturated rings. The third-order valence-electron chi connectivity index (χ3n) is 6.75. The molecule has 184 valence electrons. The van der Waals surface area contributed by atoms with Crippen molar-refractivity contribution in [1.29, 1.82) is 0 Å². The first-order chi connectivity index (χ1) is 17.1. The number of ether oxygens (including phenoxy) is 4. The van der Waals surface area contributed by atoms with Crippen LogP contribution in [0.4, 0.5) is 0 Å². The molecule has 2 aromatic carbocycles. The number of nitrogens with one attached hydrogen (secondary N) is 1. The summed E-state index contributed by atoms with van der Waals surface area (Å²) in [6.45, 7) is 3.28. The van der Waals surface area contributed by atoms with Crippen LogP contribution in [0, 0.1) is 6.92 Å². The highest BCUT2D eigenvalue weighted by Crippen LogP contribution is 2.47. The van der Waals surface area contributed by atoms with Crippen molar-refractivity contribution in [3.8, 4) is 0 Å². The minimum Gasteiger partial charge on any atom is -0.374 e. The second-order valence-corrected chi connectivity index (χ2v) is 9.12. The van der Waals surface area contributed by atoms with Crippen LogP contribution >= 0.6 is 0 Å². The fourth-order valence-electron chi connectivity index (χ4n) is 4.93. The Hall–Kier alpha value is -3.04. The summed E-state index contributed by atoms with van der Waals surface area (Å²) in [5, 5.41) is 0. The summed E-state index contributed by atoms with van der Waals surface area (Å²) < 4.78 is 26.8. The normalized spacial score (nSPS) is 25.9. The Balaban J connectivity index is 1.45. The SMILES string of the molecule is Cc1cn([C@@H]2O[C@H](COCc3ccccc3)[C@]3(OCc4ccccc4)CCCO[C@@H]23)c(=O)[nH]c1=O. The van der Waals surface area contributed by atoms with E-state index < -0.39 is 35.3 Å². The van der Waals surface area contributed by atoms with Crippen LogP contribution in [0.3, 0.4) is 0 Å². The zero-order valence-corrected chi connectivity index (χ0v) is 19.7. The molecule has 2 aliphatic rings. The zero-order chi connectivity index (χ0) is 24.3. The number of nitrogens with zero attached hydrogens (tertiary/aromatic N) is 1. The third kappa shape index (κ3) is 4.88. The molecule has 0 radical (unpaired) electrons. The molecular formula is C27H30N2O6. The number of aromatic nitrogens is 2. The third-order valence-corrected chi connectivity index (χ3v) is 6.75. The number of rotatable bonds is 8. The van der Waals surface area contributed by atoms with E-state index in [4.69, 9.17) is 18.9 Å². The molecule has 1 N–H and O–H groups in total.